The molecule has 0 aromatic carbocycles. The molecule has 1 atom stereocenters. The van der Waals surface area contributed by atoms with E-state index in [1.165, 1.54) is 11.3 Å². The lowest BCUT2D eigenvalue weighted by Gasteiger charge is -2.11. The van der Waals surface area contributed by atoms with Crippen LogP contribution in [-0.4, -0.2) is 29.7 Å². The summed E-state index contributed by atoms with van der Waals surface area (Å²) >= 11 is 1.43. The standard InChI is InChI=1S/C12H17NO4S/c1-3-17-12(16)8(2)13-7-10-5-4-9(18-10)6-11(14)15/h4-5,8,13H,3,6-7H2,1-2H3,(H,14,15). The van der Waals surface area contributed by atoms with Gasteiger partial charge in [-0.2, -0.15) is 0 Å². The first-order valence-corrected chi connectivity index (χ1v) is 6.54. The summed E-state index contributed by atoms with van der Waals surface area (Å²) in [6.07, 6.45) is 0.0398. The van der Waals surface area contributed by atoms with E-state index >= 15 is 0 Å². The van der Waals surface area contributed by atoms with Crippen molar-refractivity contribution in [3.8, 4) is 0 Å². The van der Waals surface area contributed by atoms with Crippen molar-refractivity contribution in [1.82, 2.24) is 5.32 Å². The summed E-state index contributed by atoms with van der Waals surface area (Å²) in [7, 11) is 0. The van der Waals surface area contributed by atoms with Crippen molar-refractivity contribution in [2.75, 3.05) is 6.61 Å². The van der Waals surface area contributed by atoms with Crippen molar-refractivity contribution in [3.05, 3.63) is 21.9 Å². The molecular formula is C12H17NO4S. The molecule has 0 amide bonds. The van der Waals surface area contributed by atoms with Gasteiger partial charge in [-0.05, 0) is 26.0 Å². The van der Waals surface area contributed by atoms with Crippen LogP contribution in [0.15, 0.2) is 12.1 Å². The van der Waals surface area contributed by atoms with Crippen LogP contribution in [0.5, 0.6) is 0 Å². The van der Waals surface area contributed by atoms with Crippen molar-refractivity contribution >= 4 is 23.3 Å². The molecule has 0 bridgehead atoms. The smallest absolute Gasteiger partial charge is 0.322 e. The summed E-state index contributed by atoms with van der Waals surface area (Å²) in [5.74, 6) is -1.11. The molecule has 2 N–H and O–H groups in total. The predicted molar refractivity (Wildman–Crippen MR) is 68.6 cm³/mol. The van der Waals surface area contributed by atoms with Gasteiger partial charge in [-0.3, -0.25) is 14.9 Å². The maximum atomic E-state index is 11.4. The first-order valence-electron chi connectivity index (χ1n) is 5.72. The molecule has 0 spiro atoms. The topological polar surface area (TPSA) is 75.6 Å². The molecule has 0 radical (unpaired) electrons. The monoisotopic (exact) mass is 271 g/mol. The molecule has 0 fully saturated rings. The first kappa shape index (κ1) is 14.7. The van der Waals surface area contributed by atoms with Gasteiger partial charge in [-0.1, -0.05) is 0 Å². The Kier molecular flexibility index (Phi) is 5.80. The molecule has 100 valence electrons. The number of ether oxygens (including phenoxy) is 1. The van der Waals surface area contributed by atoms with Gasteiger partial charge in [0.15, 0.2) is 0 Å². The number of hydrogen-bond acceptors (Lipinski definition) is 5. The highest BCUT2D eigenvalue weighted by Crippen LogP contribution is 2.17. The Balaban J connectivity index is 2.41. The second-order valence-corrected chi connectivity index (χ2v) is 5.05. The molecular weight excluding hydrogens is 254 g/mol. The number of carbonyl (C=O) groups excluding carboxylic acids is 1. The van der Waals surface area contributed by atoms with Crippen LogP contribution < -0.4 is 5.32 Å². The van der Waals surface area contributed by atoms with Crippen LogP contribution in [0.3, 0.4) is 0 Å². The quantitative estimate of drug-likeness (QED) is 0.733. The van der Waals surface area contributed by atoms with Gasteiger partial charge in [0.2, 0.25) is 0 Å². The fourth-order valence-electron chi connectivity index (χ4n) is 1.37. The third-order valence-corrected chi connectivity index (χ3v) is 3.35. The fourth-order valence-corrected chi connectivity index (χ4v) is 2.33. The molecule has 0 saturated heterocycles. The minimum atomic E-state index is -0.837. The SMILES string of the molecule is CCOC(=O)C(C)NCc1ccc(CC(=O)O)s1. The van der Waals surface area contributed by atoms with Crippen molar-refractivity contribution in [1.29, 1.82) is 0 Å². The summed E-state index contributed by atoms with van der Waals surface area (Å²) in [4.78, 5) is 23.7. The lowest BCUT2D eigenvalue weighted by Crippen LogP contribution is -2.34. The summed E-state index contributed by atoms with van der Waals surface area (Å²) in [6.45, 7) is 4.41. The van der Waals surface area contributed by atoms with Crippen LogP contribution in [-0.2, 0) is 27.3 Å². The number of carbonyl (C=O) groups is 2. The third-order valence-electron chi connectivity index (χ3n) is 2.27. The van der Waals surface area contributed by atoms with Crippen molar-refractivity contribution in [3.63, 3.8) is 0 Å². The normalized spacial score (nSPS) is 12.1. The minimum Gasteiger partial charge on any atom is -0.481 e. The number of aliphatic carboxylic acids is 1. The molecule has 0 saturated carbocycles. The number of thiophene rings is 1. The van der Waals surface area contributed by atoms with E-state index in [4.69, 9.17) is 9.84 Å². The Morgan fingerprint density at radius 2 is 2.11 bits per heavy atom. The molecule has 5 nitrogen and oxygen atoms in total. The highest BCUT2D eigenvalue weighted by Gasteiger charge is 2.13. The van der Waals surface area contributed by atoms with Gasteiger partial charge in [-0.25, -0.2) is 0 Å². The van der Waals surface area contributed by atoms with Crippen LogP contribution in [0.4, 0.5) is 0 Å². The van der Waals surface area contributed by atoms with Crippen LogP contribution in [0, 0.1) is 0 Å². The van der Waals surface area contributed by atoms with Crippen LogP contribution in [0.25, 0.3) is 0 Å². The number of nitrogens with one attached hydrogen (secondary N) is 1. The molecule has 1 heterocycles. The van der Waals surface area contributed by atoms with E-state index in [2.05, 4.69) is 5.32 Å². The zero-order valence-corrected chi connectivity index (χ0v) is 11.3. The second-order valence-electron chi connectivity index (χ2n) is 3.79. The number of esters is 1. The fraction of sp³-hybridized carbons (Fsp3) is 0.500. The van der Waals surface area contributed by atoms with E-state index in [1.54, 1.807) is 19.9 Å². The Bertz CT molecular complexity index is 416. The Morgan fingerprint density at radius 1 is 1.44 bits per heavy atom. The van der Waals surface area contributed by atoms with E-state index in [-0.39, 0.29) is 18.4 Å². The van der Waals surface area contributed by atoms with Gasteiger partial charge >= 0.3 is 11.9 Å². The molecule has 1 rings (SSSR count). The second kappa shape index (κ2) is 7.13. The Hall–Kier alpha value is -1.40. The summed E-state index contributed by atoms with van der Waals surface area (Å²) in [6, 6.07) is 3.30. The number of rotatable bonds is 7. The molecule has 1 aromatic heterocycles. The van der Waals surface area contributed by atoms with E-state index in [1.807, 2.05) is 6.07 Å². The minimum absolute atomic E-state index is 0.0398. The maximum Gasteiger partial charge on any atom is 0.322 e. The van der Waals surface area contributed by atoms with Gasteiger partial charge in [0.25, 0.3) is 0 Å². The van der Waals surface area contributed by atoms with Crippen molar-refractivity contribution in [2.24, 2.45) is 0 Å². The Morgan fingerprint density at radius 3 is 2.72 bits per heavy atom. The molecule has 1 aromatic rings. The van der Waals surface area contributed by atoms with Crippen LogP contribution >= 0.6 is 11.3 Å². The Labute approximate surface area is 110 Å². The van der Waals surface area contributed by atoms with E-state index in [0.717, 1.165) is 9.75 Å². The van der Waals surface area contributed by atoms with Gasteiger partial charge in [0, 0.05) is 16.3 Å². The van der Waals surface area contributed by atoms with Crippen LogP contribution in [0.1, 0.15) is 23.6 Å². The average molecular weight is 271 g/mol. The highest BCUT2D eigenvalue weighted by atomic mass is 32.1. The highest BCUT2D eigenvalue weighted by molar-refractivity contribution is 7.12. The average Bonchev–Trinajstić information content (AvgIpc) is 2.73. The largest absolute Gasteiger partial charge is 0.481 e. The number of hydrogen-bond donors (Lipinski definition) is 2. The molecule has 1 unspecified atom stereocenters. The van der Waals surface area contributed by atoms with E-state index in [9.17, 15) is 9.59 Å². The molecule has 0 aliphatic rings. The van der Waals surface area contributed by atoms with Crippen molar-refractivity contribution < 1.29 is 19.4 Å². The molecule has 0 aliphatic carbocycles. The summed E-state index contributed by atoms with van der Waals surface area (Å²) in [5.41, 5.74) is 0. The van der Waals surface area contributed by atoms with E-state index in [0.29, 0.717) is 13.2 Å². The van der Waals surface area contributed by atoms with Gasteiger partial charge < -0.3 is 9.84 Å². The van der Waals surface area contributed by atoms with Gasteiger partial charge in [0.05, 0.1) is 13.0 Å². The van der Waals surface area contributed by atoms with Gasteiger partial charge in [-0.15, -0.1) is 11.3 Å². The third kappa shape index (κ3) is 4.85. The van der Waals surface area contributed by atoms with Crippen molar-refractivity contribution in [2.45, 2.75) is 32.9 Å². The number of carboxylic acids is 1. The van der Waals surface area contributed by atoms with Crippen LogP contribution in [0.2, 0.25) is 0 Å². The number of carboxylic acid groups (broad SMARTS) is 1. The first-order chi connectivity index (χ1) is 8.52. The summed E-state index contributed by atoms with van der Waals surface area (Å²) < 4.78 is 4.87. The molecule has 0 aliphatic heterocycles. The summed E-state index contributed by atoms with van der Waals surface area (Å²) in [5, 5.41) is 11.7. The molecule has 6 heteroatoms. The van der Waals surface area contributed by atoms with Gasteiger partial charge in [0.1, 0.15) is 6.04 Å². The predicted octanol–water partition coefficient (Wildman–Crippen LogP) is 1.42. The lowest BCUT2D eigenvalue weighted by atomic mass is 10.3. The van der Waals surface area contributed by atoms with E-state index < -0.39 is 5.97 Å². The molecule has 18 heavy (non-hydrogen) atoms. The zero-order valence-electron chi connectivity index (χ0n) is 10.4. The maximum absolute atomic E-state index is 11.4. The lowest BCUT2D eigenvalue weighted by molar-refractivity contribution is -0.145. The zero-order chi connectivity index (χ0) is 13.5.